The van der Waals surface area contributed by atoms with Crippen molar-refractivity contribution >= 4 is 28.6 Å². The molecule has 0 amide bonds. The molecule has 2 aliphatic heterocycles. The Kier molecular flexibility index (Phi) is 4.90. The van der Waals surface area contributed by atoms with Gasteiger partial charge in [0.25, 0.3) is 0 Å². The summed E-state index contributed by atoms with van der Waals surface area (Å²) in [6.07, 6.45) is 2.00. The van der Waals surface area contributed by atoms with Crippen LogP contribution < -0.4 is 10.6 Å². The monoisotopic (exact) mass is 320 g/mol. The Morgan fingerprint density at radius 1 is 1.27 bits per heavy atom. The molecule has 0 unspecified atom stereocenters. The molecular formula is C16H21FN4S. The van der Waals surface area contributed by atoms with Gasteiger partial charge in [0.1, 0.15) is 6.67 Å². The molecule has 22 heavy (non-hydrogen) atoms. The topological polar surface area (TPSA) is 30.5 Å². The lowest BCUT2D eigenvalue weighted by Gasteiger charge is -2.35. The Morgan fingerprint density at radius 2 is 2.05 bits per heavy atom. The maximum atomic E-state index is 12.3. The Bertz CT molecular complexity index is 567. The van der Waals surface area contributed by atoms with Crippen LogP contribution in [-0.2, 0) is 0 Å². The summed E-state index contributed by atoms with van der Waals surface area (Å²) in [5, 5.41) is 7.36. The van der Waals surface area contributed by atoms with E-state index >= 15 is 0 Å². The highest BCUT2D eigenvalue weighted by Gasteiger charge is 2.19. The molecule has 0 bridgehead atoms. The standard InChI is InChI=1S/C16H21FN4S/c17-5-6-20-7-9-21(10-8-20)16(22)19-12-13-11-18-15-4-2-1-3-14(13)15/h1-4,12,18H,5-11H2,(H,19,22)/b13-12-. The van der Waals surface area contributed by atoms with Crippen molar-refractivity contribution in [2.24, 2.45) is 0 Å². The number of benzene rings is 1. The number of anilines is 1. The van der Waals surface area contributed by atoms with Gasteiger partial charge < -0.3 is 15.5 Å². The van der Waals surface area contributed by atoms with Gasteiger partial charge in [0.15, 0.2) is 5.11 Å². The summed E-state index contributed by atoms with van der Waals surface area (Å²) in [7, 11) is 0. The van der Waals surface area contributed by atoms with Crippen LogP contribution in [0.3, 0.4) is 0 Å². The molecule has 1 aromatic carbocycles. The number of rotatable bonds is 3. The molecule has 1 saturated heterocycles. The summed E-state index contributed by atoms with van der Waals surface area (Å²) in [4.78, 5) is 4.28. The Labute approximate surface area is 136 Å². The first-order valence-corrected chi connectivity index (χ1v) is 8.05. The van der Waals surface area contributed by atoms with E-state index in [1.54, 1.807) is 0 Å². The second kappa shape index (κ2) is 7.07. The number of nitrogens with one attached hydrogen (secondary N) is 2. The average Bonchev–Trinajstić information content (AvgIpc) is 2.97. The number of hydrogen-bond donors (Lipinski definition) is 2. The molecule has 1 aromatic rings. The molecule has 0 aromatic heterocycles. The van der Waals surface area contributed by atoms with E-state index in [1.807, 2.05) is 18.3 Å². The van der Waals surface area contributed by atoms with Gasteiger partial charge >= 0.3 is 0 Å². The summed E-state index contributed by atoms with van der Waals surface area (Å²) in [5.41, 5.74) is 3.61. The first kappa shape index (κ1) is 15.2. The molecule has 0 spiro atoms. The van der Waals surface area contributed by atoms with Crippen molar-refractivity contribution < 1.29 is 4.39 Å². The van der Waals surface area contributed by atoms with Crippen molar-refractivity contribution in [3.8, 4) is 0 Å². The Morgan fingerprint density at radius 3 is 2.82 bits per heavy atom. The molecule has 2 N–H and O–H groups in total. The first-order chi connectivity index (χ1) is 10.8. The van der Waals surface area contributed by atoms with Gasteiger partial charge in [0, 0.05) is 56.7 Å². The predicted molar refractivity (Wildman–Crippen MR) is 92.6 cm³/mol. The minimum absolute atomic E-state index is 0.277. The van der Waals surface area contributed by atoms with E-state index < -0.39 is 0 Å². The second-order valence-corrected chi connectivity index (χ2v) is 5.92. The molecule has 118 valence electrons. The molecule has 0 radical (unpaired) electrons. The fraction of sp³-hybridized carbons (Fsp3) is 0.438. The predicted octanol–water partition coefficient (Wildman–Crippen LogP) is 1.91. The normalized spacial score (nSPS) is 19.9. The molecule has 0 saturated carbocycles. The average molecular weight is 320 g/mol. The lowest BCUT2D eigenvalue weighted by Crippen LogP contribution is -2.51. The second-order valence-electron chi connectivity index (χ2n) is 5.54. The van der Waals surface area contributed by atoms with Crippen LogP contribution in [0.4, 0.5) is 10.1 Å². The zero-order chi connectivity index (χ0) is 15.4. The molecule has 1 fully saturated rings. The van der Waals surface area contributed by atoms with Crippen LogP contribution >= 0.6 is 12.2 Å². The van der Waals surface area contributed by atoms with E-state index in [4.69, 9.17) is 12.2 Å². The largest absolute Gasteiger partial charge is 0.380 e. The lowest BCUT2D eigenvalue weighted by molar-refractivity contribution is 0.171. The van der Waals surface area contributed by atoms with Crippen LogP contribution in [0.1, 0.15) is 5.56 Å². The molecule has 3 rings (SSSR count). The molecule has 2 aliphatic rings. The molecule has 6 heteroatoms. The van der Waals surface area contributed by atoms with E-state index in [0.717, 1.165) is 37.8 Å². The summed E-state index contributed by atoms with van der Waals surface area (Å²) in [5.74, 6) is 0. The summed E-state index contributed by atoms with van der Waals surface area (Å²) < 4.78 is 12.3. The first-order valence-electron chi connectivity index (χ1n) is 7.64. The van der Waals surface area contributed by atoms with Gasteiger partial charge in [-0.1, -0.05) is 18.2 Å². The van der Waals surface area contributed by atoms with E-state index in [-0.39, 0.29) is 6.67 Å². The number of nitrogens with zero attached hydrogens (tertiary/aromatic N) is 2. The van der Waals surface area contributed by atoms with Crippen molar-refractivity contribution in [3.63, 3.8) is 0 Å². The molecule has 0 aliphatic carbocycles. The van der Waals surface area contributed by atoms with Gasteiger partial charge in [0.2, 0.25) is 0 Å². The quantitative estimate of drug-likeness (QED) is 0.831. The van der Waals surface area contributed by atoms with Crippen LogP contribution in [-0.4, -0.2) is 60.9 Å². The maximum absolute atomic E-state index is 12.3. The minimum atomic E-state index is -0.277. The van der Waals surface area contributed by atoms with Crippen molar-refractivity contribution in [2.75, 3.05) is 51.3 Å². The maximum Gasteiger partial charge on any atom is 0.173 e. The number of hydrogen-bond acceptors (Lipinski definition) is 3. The number of thiocarbonyl (C=S) groups is 1. The minimum Gasteiger partial charge on any atom is -0.380 e. The van der Waals surface area contributed by atoms with E-state index in [9.17, 15) is 4.39 Å². The number of alkyl halides is 1. The van der Waals surface area contributed by atoms with E-state index in [0.29, 0.717) is 6.54 Å². The zero-order valence-electron chi connectivity index (χ0n) is 12.5. The fourth-order valence-electron chi connectivity index (χ4n) is 2.87. The zero-order valence-corrected chi connectivity index (χ0v) is 13.3. The highest BCUT2D eigenvalue weighted by molar-refractivity contribution is 7.80. The van der Waals surface area contributed by atoms with Crippen molar-refractivity contribution in [1.29, 1.82) is 0 Å². The van der Waals surface area contributed by atoms with Crippen molar-refractivity contribution in [3.05, 3.63) is 36.0 Å². The number of para-hydroxylation sites is 1. The van der Waals surface area contributed by atoms with E-state index in [2.05, 4.69) is 32.6 Å². The summed E-state index contributed by atoms with van der Waals surface area (Å²) in [6.45, 7) is 4.51. The lowest BCUT2D eigenvalue weighted by atomic mass is 10.1. The summed E-state index contributed by atoms with van der Waals surface area (Å²) in [6, 6.07) is 8.27. The highest BCUT2D eigenvalue weighted by Crippen LogP contribution is 2.29. The van der Waals surface area contributed by atoms with Crippen LogP contribution in [0.15, 0.2) is 30.5 Å². The van der Waals surface area contributed by atoms with Gasteiger partial charge in [-0.25, -0.2) is 4.39 Å². The van der Waals surface area contributed by atoms with Crippen LogP contribution in [0.25, 0.3) is 5.57 Å². The van der Waals surface area contributed by atoms with Crippen LogP contribution in [0.2, 0.25) is 0 Å². The number of halogens is 1. The van der Waals surface area contributed by atoms with Crippen molar-refractivity contribution in [1.82, 2.24) is 15.1 Å². The molecular weight excluding hydrogens is 299 g/mol. The molecule has 2 heterocycles. The van der Waals surface area contributed by atoms with Gasteiger partial charge in [-0.2, -0.15) is 0 Å². The number of piperazine rings is 1. The van der Waals surface area contributed by atoms with Gasteiger partial charge in [0.05, 0.1) is 0 Å². The van der Waals surface area contributed by atoms with Gasteiger partial charge in [-0.05, 0) is 23.9 Å². The highest BCUT2D eigenvalue weighted by atomic mass is 32.1. The fourth-order valence-corrected chi connectivity index (χ4v) is 3.11. The summed E-state index contributed by atoms with van der Waals surface area (Å²) >= 11 is 5.47. The third-order valence-electron chi connectivity index (χ3n) is 4.17. The molecule has 0 atom stereocenters. The van der Waals surface area contributed by atoms with E-state index in [1.165, 1.54) is 16.8 Å². The van der Waals surface area contributed by atoms with Gasteiger partial charge in [-0.15, -0.1) is 0 Å². The SMILES string of the molecule is FCCN1CCN(C(=S)N/C=C2/CNc3ccccc32)CC1. The Balaban J connectivity index is 1.54. The molecule has 4 nitrogen and oxygen atoms in total. The third kappa shape index (κ3) is 3.39. The smallest absolute Gasteiger partial charge is 0.173 e. The van der Waals surface area contributed by atoms with Gasteiger partial charge in [-0.3, -0.25) is 4.90 Å². The Hall–Kier alpha value is -1.66. The van der Waals surface area contributed by atoms with Crippen LogP contribution in [0, 0.1) is 0 Å². The van der Waals surface area contributed by atoms with Crippen LogP contribution in [0.5, 0.6) is 0 Å². The van der Waals surface area contributed by atoms with Crippen molar-refractivity contribution in [2.45, 2.75) is 0 Å². The third-order valence-corrected chi connectivity index (χ3v) is 4.55. The number of fused-ring (bicyclic) bond motifs is 1.